The lowest BCUT2D eigenvalue weighted by Gasteiger charge is -2.07. The Bertz CT molecular complexity index is 1100. The first-order valence-corrected chi connectivity index (χ1v) is 8.42. The Morgan fingerprint density at radius 3 is 2.64 bits per heavy atom. The topological polar surface area (TPSA) is 68.6 Å². The predicted molar refractivity (Wildman–Crippen MR) is 97.7 cm³/mol. The molecule has 0 unspecified atom stereocenters. The normalized spacial score (nSPS) is 11.0. The van der Waals surface area contributed by atoms with E-state index in [2.05, 4.69) is 10.1 Å². The van der Waals surface area contributed by atoms with Crippen molar-refractivity contribution in [3.05, 3.63) is 59.1 Å². The number of benzene rings is 1. The van der Waals surface area contributed by atoms with Crippen LogP contribution in [0.4, 0.5) is 0 Å². The Kier molecular flexibility index (Phi) is 3.77. The Hall–Kier alpha value is -3.06. The molecule has 0 fully saturated rings. The van der Waals surface area contributed by atoms with Gasteiger partial charge in [-0.3, -0.25) is 9.89 Å². The van der Waals surface area contributed by atoms with E-state index in [1.807, 2.05) is 30.3 Å². The molecule has 0 saturated heterocycles. The minimum Gasteiger partial charge on any atom is -0.494 e. The van der Waals surface area contributed by atoms with E-state index in [1.54, 1.807) is 20.4 Å². The lowest BCUT2D eigenvalue weighted by atomic mass is 10.1. The van der Waals surface area contributed by atoms with E-state index in [0.29, 0.717) is 11.4 Å². The van der Waals surface area contributed by atoms with Crippen LogP contribution in [0.25, 0.3) is 27.2 Å². The highest BCUT2D eigenvalue weighted by Gasteiger charge is 2.24. The van der Waals surface area contributed by atoms with Gasteiger partial charge in [0, 0.05) is 18.5 Å². The first-order valence-electron chi connectivity index (χ1n) is 7.60. The third kappa shape index (κ3) is 2.40. The highest BCUT2D eigenvalue weighted by Crippen LogP contribution is 2.52. The third-order valence-electron chi connectivity index (χ3n) is 3.95. The fourth-order valence-electron chi connectivity index (χ4n) is 2.85. The number of rotatable bonds is 4. The number of nitrogens with zero attached hydrogens (tertiary/aromatic N) is 2. The molecule has 7 heteroatoms. The summed E-state index contributed by atoms with van der Waals surface area (Å²) in [6.45, 7) is 0. The third-order valence-corrected chi connectivity index (χ3v) is 5.12. The van der Waals surface area contributed by atoms with Crippen LogP contribution >= 0.6 is 11.3 Å². The maximum Gasteiger partial charge on any atom is 0.272 e. The summed E-state index contributed by atoms with van der Waals surface area (Å²) in [5.41, 5.74) is 3.07. The van der Waals surface area contributed by atoms with Crippen molar-refractivity contribution >= 4 is 17.0 Å². The van der Waals surface area contributed by atoms with Gasteiger partial charge in [0.15, 0.2) is 10.7 Å². The van der Waals surface area contributed by atoms with Gasteiger partial charge in [-0.2, -0.15) is 0 Å². The average molecular weight is 353 g/mol. The first-order chi connectivity index (χ1) is 12.2. The van der Waals surface area contributed by atoms with Crippen LogP contribution < -0.4 is 15.0 Å². The lowest BCUT2D eigenvalue weighted by Crippen LogP contribution is -2.12. The summed E-state index contributed by atoms with van der Waals surface area (Å²) in [7, 11) is 3.27. The molecule has 3 heterocycles. The molecule has 0 radical (unpaired) electrons. The van der Waals surface area contributed by atoms with Crippen molar-refractivity contribution in [2.75, 3.05) is 14.2 Å². The van der Waals surface area contributed by atoms with Gasteiger partial charge in [0.05, 0.1) is 30.2 Å². The summed E-state index contributed by atoms with van der Waals surface area (Å²) in [5, 5.41) is 3.69. The van der Waals surface area contributed by atoms with E-state index < -0.39 is 0 Å². The van der Waals surface area contributed by atoms with Crippen LogP contribution in [0.15, 0.2) is 53.6 Å². The Balaban J connectivity index is 2.01. The van der Waals surface area contributed by atoms with Gasteiger partial charge in [0.25, 0.3) is 5.56 Å². The molecule has 0 atom stereocenters. The number of thiophene rings is 1. The van der Waals surface area contributed by atoms with Crippen LogP contribution in [0.2, 0.25) is 0 Å². The van der Waals surface area contributed by atoms with Crippen molar-refractivity contribution in [2.24, 2.45) is 0 Å². The fourth-order valence-corrected chi connectivity index (χ4v) is 3.97. The lowest BCUT2D eigenvalue weighted by molar-refractivity contribution is 0.409. The second-order valence-corrected chi connectivity index (χ2v) is 6.31. The summed E-state index contributed by atoms with van der Waals surface area (Å²) in [4.78, 5) is 17.2. The molecule has 126 valence electrons. The molecule has 0 spiro atoms. The molecule has 6 nitrogen and oxygen atoms in total. The van der Waals surface area contributed by atoms with E-state index in [-0.39, 0.29) is 5.56 Å². The second-order valence-electron chi connectivity index (χ2n) is 5.33. The minimum atomic E-state index is -0.165. The molecule has 0 amide bonds. The highest BCUT2D eigenvalue weighted by molar-refractivity contribution is 7.18. The number of methoxy groups -OCH3 is 2. The summed E-state index contributed by atoms with van der Waals surface area (Å²) < 4.78 is 12.7. The van der Waals surface area contributed by atoms with Crippen molar-refractivity contribution in [3.63, 3.8) is 0 Å². The Morgan fingerprint density at radius 1 is 1.12 bits per heavy atom. The molecule has 3 aromatic heterocycles. The zero-order valence-corrected chi connectivity index (χ0v) is 14.5. The monoisotopic (exact) mass is 353 g/mol. The van der Waals surface area contributed by atoms with Gasteiger partial charge in [-0.15, -0.1) is 0 Å². The number of aromatic amines is 1. The summed E-state index contributed by atoms with van der Waals surface area (Å²) in [5.74, 6) is 0.702. The maximum absolute atomic E-state index is 12.0. The number of ether oxygens (including phenoxy) is 2. The zero-order chi connectivity index (χ0) is 17.4. The van der Waals surface area contributed by atoms with E-state index in [9.17, 15) is 4.79 Å². The summed E-state index contributed by atoms with van der Waals surface area (Å²) in [6.07, 6.45) is 3.26. The number of hydrogen-bond donors (Lipinski definition) is 1. The van der Waals surface area contributed by atoms with Crippen LogP contribution in [-0.2, 0) is 0 Å². The maximum atomic E-state index is 12.0. The molecule has 1 aromatic carbocycles. The molecule has 1 N–H and O–H groups in total. The van der Waals surface area contributed by atoms with E-state index >= 15 is 0 Å². The van der Waals surface area contributed by atoms with Crippen LogP contribution in [0.1, 0.15) is 0 Å². The smallest absolute Gasteiger partial charge is 0.272 e. The molecule has 0 aliphatic rings. The number of H-pyrrole nitrogens is 1. The van der Waals surface area contributed by atoms with Crippen molar-refractivity contribution < 1.29 is 9.47 Å². The van der Waals surface area contributed by atoms with Crippen LogP contribution in [0, 0.1) is 0 Å². The molecule has 0 saturated carbocycles. The van der Waals surface area contributed by atoms with Crippen LogP contribution in [0.5, 0.6) is 10.8 Å². The molecular weight excluding hydrogens is 338 g/mol. The van der Waals surface area contributed by atoms with Crippen molar-refractivity contribution in [3.8, 4) is 32.4 Å². The number of hydrogen-bond acceptors (Lipinski definition) is 5. The highest BCUT2D eigenvalue weighted by atomic mass is 32.1. The summed E-state index contributed by atoms with van der Waals surface area (Å²) in [6, 6.07) is 11.3. The fraction of sp³-hybridized carbons (Fsp3) is 0.111. The van der Waals surface area contributed by atoms with Gasteiger partial charge in [0.2, 0.25) is 0 Å². The molecule has 4 rings (SSSR count). The van der Waals surface area contributed by atoms with Gasteiger partial charge in [-0.1, -0.05) is 41.7 Å². The molecule has 0 aliphatic heterocycles. The largest absolute Gasteiger partial charge is 0.494 e. The van der Waals surface area contributed by atoms with Crippen molar-refractivity contribution in [1.82, 2.24) is 14.6 Å². The standard InChI is InChI=1S/C18H15N3O3S/c1-23-15-14(11-6-4-3-5-7-11)18(24-2)25-16(15)12-10-20-21-13(22)8-9-19-17(12)21/h3-10,20H,1-2H3. The van der Waals surface area contributed by atoms with Gasteiger partial charge in [0.1, 0.15) is 5.75 Å². The van der Waals surface area contributed by atoms with Crippen LogP contribution in [0.3, 0.4) is 0 Å². The molecule has 0 aliphatic carbocycles. The summed E-state index contributed by atoms with van der Waals surface area (Å²) >= 11 is 1.46. The SMILES string of the molecule is COc1sc(-c2c[nH]n3c(=O)ccnc23)c(OC)c1-c1ccccc1. The predicted octanol–water partition coefficient (Wildman–Crippen LogP) is 3.44. The first kappa shape index (κ1) is 15.5. The second kappa shape index (κ2) is 6.10. The van der Waals surface area contributed by atoms with E-state index in [4.69, 9.17) is 9.47 Å². The van der Waals surface area contributed by atoms with Gasteiger partial charge >= 0.3 is 0 Å². The molecule has 0 bridgehead atoms. The Labute approximate surface area is 147 Å². The van der Waals surface area contributed by atoms with E-state index in [0.717, 1.165) is 26.6 Å². The molecule has 4 aromatic rings. The quantitative estimate of drug-likeness (QED) is 0.610. The van der Waals surface area contributed by atoms with Gasteiger partial charge < -0.3 is 9.47 Å². The molecular formula is C18H15N3O3S. The number of aromatic nitrogens is 3. The zero-order valence-electron chi connectivity index (χ0n) is 13.6. The number of fused-ring (bicyclic) bond motifs is 1. The van der Waals surface area contributed by atoms with Gasteiger partial charge in [-0.05, 0) is 5.56 Å². The number of nitrogens with one attached hydrogen (secondary N) is 1. The average Bonchev–Trinajstić information content (AvgIpc) is 3.23. The van der Waals surface area contributed by atoms with Crippen molar-refractivity contribution in [2.45, 2.75) is 0 Å². The molecule has 25 heavy (non-hydrogen) atoms. The Morgan fingerprint density at radius 2 is 1.92 bits per heavy atom. The van der Waals surface area contributed by atoms with Crippen LogP contribution in [-0.4, -0.2) is 28.8 Å². The van der Waals surface area contributed by atoms with Gasteiger partial charge in [-0.25, -0.2) is 9.50 Å². The minimum absolute atomic E-state index is 0.165. The van der Waals surface area contributed by atoms with E-state index in [1.165, 1.54) is 28.1 Å². The van der Waals surface area contributed by atoms with Crippen molar-refractivity contribution in [1.29, 1.82) is 0 Å².